The van der Waals surface area contributed by atoms with E-state index in [4.69, 9.17) is 38.3 Å². The average Bonchev–Trinajstić information content (AvgIpc) is 3.48. The molecular formula is C33H31ClN4O2S. The Kier molecular flexibility index (Phi) is 7.67. The molecule has 0 unspecified atom stereocenters. The highest BCUT2D eigenvalue weighted by Gasteiger charge is 2.42. The van der Waals surface area contributed by atoms with Gasteiger partial charge in [0, 0.05) is 35.8 Å². The smallest absolute Gasteiger partial charge is 0.174 e. The molecular weight excluding hydrogens is 552 g/mol. The SMILES string of the molecule is COCCOc1ccc(N2C(=S)N[C@H](c3ccccn3)[C@@H]2c2cc(C)n(-c3cccc4ccccc34)c2C)cc1Cl. The molecule has 8 heteroatoms. The molecule has 1 N–H and O–H groups in total. The first kappa shape index (κ1) is 27.3. The summed E-state index contributed by atoms with van der Waals surface area (Å²) in [5, 5.41) is 7.11. The number of nitrogens with one attached hydrogen (secondary N) is 1. The van der Waals surface area contributed by atoms with Crippen molar-refractivity contribution in [3.63, 3.8) is 0 Å². The highest BCUT2D eigenvalue weighted by Crippen LogP contribution is 2.45. The zero-order chi connectivity index (χ0) is 28.5. The fourth-order valence-corrected chi connectivity index (χ4v) is 6.38. The van der Waals surface area contributed by atoms with E-state index in [0.717, 1.165) is 34.0 Å². The molecule has 6 rings (SSSR count). The van der Waals surface area contributed by atoms with Gasteiger partial charge in [-0.15, -0.1) is 0 Å². The first-order valence-corrected chi connectivity index (χ1v) is 14.4. The Labute approximate surface area is 250 Å². The van der Waals surface area contributed by atoms with Gasteiger partial charge in [-0.2, -0.15) is 0 Å². The Hall–Kier alpha value is -3.91. The highest BCUT2D eigenvalue weighted by atomic mass is 35.5. The van der Waals surface area contributed by atoms with Crippen LogP contribution in [0.2, 0.25) is 5.02 Å². The number of hydrogen-bond donors (Lipinski definition) is 1. The maximum absolute atomic E-state index is 6.71. The van der Waals surface area contributed by atoms with Crippen LogP contribution < -0.4 is 15.0 Å². The topological polar surface area (TPSA) is 51.6 Å². The van der Waals surface area contributed by atoms with Gasteiger partial charge in [-0.25, -0.2) is 0 Å². The molecule has 0 aliphatic carbocycles. The van der Waals surface area contributed by atoms with Crippen molar-refractivity contribution >= 4 is 45.4 Å². The molecule has 208 valence electrons. The van der Waals surface area contributed by atoms with Crippen molar-refractivity contribution in [3.05, 3.63) is 119 Å². The van der Waals surface area contributed by atoms with E-state index in [1.807, 2.05) is 42.6 Å². The van der Waals surface area contributed by atoms with Gasteiger partial charge in [-0.1, -0.05) is 54.1 Å². The van der Waals surface area contributed by atoms with Crippen LogP contribution in [0.25, 0.3) is 16.5 Å². The summed E-state index contributed by atoms with van der Waals surface area (Å²) < 4.78 is 13.3. The predicted molar refractivity (Wildman–Crippen MR) is 170 cm³/mol. The molecule has 1 saturated heterocycles. The number of pyridine rings is 1. The van der Waals surface area contributed by atoms with Crippen LogP contribution in [0.4, 0.5) is 5.69 Å². The van der Waals surface area contributed by atoms with Crippen LogP contribution in [0.3, 0.4) is 0 Å². The maximum Gasteiger partial charge on any atom is 0.174 e. The van der Waals surface area contributed by atoms with E-state index in [9.17, 15) is 0 Å². The molecule has 41 heavy (non-hydrogen) atoms. The number of aromatic nitrogens is 2. The molecule has 0 spiro atoms. The van der Waals surface area contributed by atoms with Gasteiger partial charge in [0.25, 0.3) is 0 Å². The number of nitrogens with zero attached hydrogens (tertiary/aromatic N) is 3. The quantitative estimate of drug-likeness (QED) is 0.151. The van der Waals surface area contributed by atoms with Gasteiger partial charge >= 0.3 is 0 Å². The van der Waals surface area contributed by atoms with Crippen LogP contribution in [0.15, 0.2) is 91.1 Å². The molecule has 0 radical (unpaired) electrons. The first-order chi connectivity index (χ1) is 20.0. The number of aryl methyl sites for hydroxylation is 1. The van der Waals surface area contributed by atoms with E-state index >= 15 is 0 Å². The van der Waals surface area contributed by atoms with Crippen LogP contribution in [0, 0.1) is 13.8 Å². The molecule has 2 atom stereocenters. The van der Waals surface area contributed by atoms with Crippen molar-refractivity contribution in [1.82, 2.24) is 14.9 Å². The molecule has 1 aliphatic heterocycles. The number of fused-ring (bicyclic) bond motifs is 1. The van der Waals surface area contributed by atoms with Crippen LogP contribution in [-0.4, -0.2) is 35.0 Å². The lowest BCUT2D eigenvalue weighted by molar-refractivity contribution is 0.146. The largest absolute Gasteiger partial charge is 0.490 e. The normalized spacial score (nSPS) is 16.8. The second-order valence-electron chi connectivity index (χ2n) is 10.1. The van der Waals surface area contributed by atoms with Crippen LogP contribution in [-0.2, 0) is 4.74 Å². The molecule has 0 saturated carbocycles. The fourth-order valence-electron chi connectivity index (χ4n) is 5.80. The lowest BCUT2D eigenvalue weighted by Gasteiger charge is -2.28. The molecule has 2 aromatic heterocycles. The summed E-state index contributed by atoms with van der Waals surface area (Å²) in [5.41, 5.74) is 6.40. The summed E-state index contributed by atoms with van der Waals surface area (Å²) in [6.45, 7) is 5.24. The van der Waals surface area contributed by atoms with Crippen LogP contribution in [0.1, 0.15) is 34.7 Å². The number of methoxy groups -OCH3 is 1. The number of rotatable bonds is 8. The number of ether oxygens (including phenoxy) is 2. The van der Waals surface area contributed by atoms with Crippen LogP contribution >= 0.6 is 23.8 Å². The molecule has 1 fully saturated rings. The van der Waals surface area contributed by atoms with E-state index < -0.39 is 0 Å². The summed E-state index contributed by atoms with van der Waals surface area (Å²) in [6.07, 6.45) is 1.82. The third kappa shape index (κ3) is 5.05. The Morgan fingerprint density at radius 2 is 1.76 bits per heavy atom. The number of hydrogen-bond acceptors (Lipinski definition) is 4. The first-order valence-electron chi connectivity index (χ1n) is 13.6. The maximum atomic E-state index is 6.71. The van der Waals surface area contributed by atoms with Gasteiger partial charge in [-0.3, -0.25) is 4.98 Å². The van der Waals surface area contributed by atoms with Gasteiger partial charge in [0.1, 0.15) is 12.4 Å². The summed E-state index contributed by atoms with van der Waals surface area (Å²) in [5.74, 6) is 0.609. The number of thiocarbonyl (C=S) groups is 1. The lowest BCUT2D eigenvalue weighted by atomic mass is 9.96. The van der Waals surface area contributed by atoms with Crippen molar-refractivity contribution in [2.45, 2.75) is 25.9 Å². The number of anilines is 1. The van der Waals surface area contributed by atoms with Crippen molar-refractivity contribution in [2.24, 2.45) is 0 Å². The molecule has 3 heterocycles. The molecule has 6 nitrogen and oxygen atoms in total. The van der Waals surface area contributed by atoms with E-state index in [0.29, 0.717) is 29.1 Å². The zero-order valence-electron chi connectivity index (χ0n) is 23.2. The number of halogens is 1. The van der Waals surface area contributed by atoms with Crippen molar-refractivity contribution in [3.8, 4) is 11.4 Å². The Morgan fingerprint density at radius 3 is 2.54 bits per heavy atom. The molecule has 0 amide bonds. The van der Waals surface area contributed by atoms with Crippen molar-refractivity contribution < 1.29 is 9.47 Å². The second kappa shape index (κ2) is 11.5. The van der Waals surface area contributed by atoms with Crippen molar-refractivity contribution in [2.75, 3.05) is 25.2 Å². The molecule has 5 aromatic rings. The van der Waals surface area contributed by atoms with Crippen molar-refractivity contribution in [1.29, 1.82) is 0 Å². The Morgan fingerprint density at radius 1 is 0.951 bits per heavy atom. The monoisotopic (exact) mass is 582 g/mol. The van der Waals surface area contributed by atoms with Gasteiger partial charge in [-0.05, 0) is 79.5 Å². The minimum absolute atomic E-state index is 0.163. The van der Waals surface area contributed by atoms with E-state index in [-0.39, 0.29) is 12.1 Å². The molecule has 0 bridgehead atoms. The molecule has 3 aromatic carbocycles. The van der Waals surface area contributed by atoms with E-state index in [2.05, 4.69) is 77.2 Å². The second-order valence-corrected chi connectivity index (χ2v) is 10.9. The van der Waals surface area contributed by atoms with Gasteiger partial charge < -0.3 is 24.3 Å². The summed E-state index contributed by atoms with van der Waals surface area (Å²) in [4.78, 5) is 6.86. The van der Waals surface area contributed by atoms with Gasteiger partial charge in [0.2, 0.25) is 0 Å². The fraction of sp³-hybridized carbons (Fsp3) is 0.212. The third-order valence-corrected chi connectivity index (χ3v) is 8.24. The minimum Gasteiger partial charge on any atom is -0.490 e. The highest BCUT2D eigenvalue weighted by molar-refractivity contribution is 7.80. The average molecular weight is 583 g/mol. The Balaban J connectivity index is 1.48. The number of benzene rings is 3. The summed E-state index contributed by atoms with van der Waals surface area (Å²) in [6, 6.07) is 28.7. The lowest BCUT2D eigenvalue weighted by Crippen LogP contribution is -2.29. The van der Waals surface area contributed by atoms with E-state index in [1.54, 1.807) is 7.11 Å². The predicted octanol–water partition coefficient (Wildman–Crippen LogP) is 7.50. The zero-order valence-corrected chi connectivity index (χ0v) is 24.7. The van der Waals surface area contributed by atoms with E-state index in [1.165, 1.54) is 10.8 Å². The molecule has 1 aliphatic rings. The van der Waals surface area contributed by atoms with Crippen LogP contribution in [0.5, 0.6) is 5.75 Å². The van der Waals surface area contributed by atoms with Gasteiger partial charge in [0.15, 0.2) is 5.11 Å². The third-order valence-electron chi connectivity index (χ3n) is 7.63. The summed E-state index contributed by atoms with van der Waals surface area (Å²) >= 11 is 12.7. The van der Waals surface area contributed by atoms with Gasteiger partial charge in [0.05, 0.1) is 35.1 Å². The summed E-state index contributed by atoms with van der Waals surface area (Å²) in [7, 11) is 1.64. The minimum atomic E-state index is -0.165. The Bertz CT molecular complexity index is 1720. The standard InChI is InChI=1S/C33H31ClN4O2S/c1-21-19-26(22(2)37(21)29-13-8-10-23-9-4-5-11-25(23)29)32-31(28-12-6-7-16-35-28)36-33(41)38(32)24-14-15-30(27(34)20-24)40-18-17-39-3/h4-16,19-20,31-32H,17-18H2,1-3H3,(H,36,41)/t31-,32+/m1/s1.